The molecule has 3 rings (SSSR count). The van der Waals surface area contributed by atoms with Gasteiger partial charge in [-0.15, -0.1) is 10.2 Å². The molecule has 0 aliphatic heterocycles. The fourth-order valence-corrected chi connectivity index (χ4v) is 2.90. The second kappa shape index (κ2) is 6.01. The van der Waals surface area contributed by atoms with E-state index in [9.17, 15) is 4.79 Å². The number of carbonyl (C=O) groups is 1. The van der Waals surface area contributed by atoms with E-state index in [0.717, 1.165) is 27.6 Å². The Morgan fingerprint density at radius 1 is 1.38 bits per heavy atom. The number of aryl methyl sites for hydroxylation is 2. The van der Waals surface area contributed by atoms with Gasteiger partial charge in [0.25, 0.3) is 0 Å². The summed E-state index contributed by atoms with van der Waals surface area (Å²) in [6, 6.07) is 7.86. The molecule has 1 aromatic carbocycles. The van der Waals surface area contributed by atoms with Gasteiger partial charge >= 0.3 is 0 Å². The molecule has 0 fully saturated rings. The molecule has 0 unspecified atom stereocenters. The molecule has 1 N–H and O–H groups in total. The zero-order valence-corrected chi connectivity index (χ0v) is 12.4. The van der Waals surface area contributed by atoms with Crippen LogP contribution >= 0.6 is 11.3 Å². The average molecular weight is 301 g/mol. The van der Waals surface area contributed by atoms with Crippen LogP contribution in [0.2, 0.25) is 0 Å². The van der Waals surface area contributed by atoms with Crippen LogP contribution in [0.15, 0.2) is 30.6 Å². The van der Waals surface area contributed by atoms with Gasteiger partial charge in [-0.05, 0) is 18.1 Å². The summed E-state index contributed by atoms with van der Waals surface area (Å²) in [6.07, 6.45) is 3.47. The number of hydrogen-bond donors (Lipinski definition) is 1. The maximum absolute atomic E-state index is 12.0. The van der Waals surface area contributed by atoms with E-state index in [4.69, 9.17) is 0 Å². The zero-order chi connectivity index (χ0) is 14.7. The van der Waals surface area contributed by atoms with E-state index in [-0.39, 0.29) is 5.91 Å². The van der Waals surface area contributed by atoms with Crippen molar-refractivity contribution >= 4 is 27.9 Å². The standard InChI is InChI=1S/C14H15N5OS/c1-2-10-5-3-4-6-11(10)16-12(20)7-8-13-18-19-9-15-17-14(19)21-13/h3-6,9H,2,7-8H2,1H3,(H,16,20). The quantitative estimate of drug-likeness (QED) is 0.785. The van der Waals surface area contributed by atoms with Gasteiger partial charge in [-0.3, -0.25) is 4.79 Å². The molecule has 7 heteroatoms. The lowest BCUT2D eigenvalue weighted by Crippen LogP contribution is -2.13. The Balaban J connectivity index is 1.60. The predicted octanol–water partition coefficient (Wildman–Crippen LogP) is 2.32. The fraction of sp³-hybridized carbons (Fsp3) is 0.286. The minimum Gasteiger partial charge on any atom is -0.326 e. The molecule has 0 aliphatic carbocycles. The largest absolute Gasteiger partial charge is 0.326 e. The average Bonchev–Trinajstić information content (AvgIpc) is 3.07. The van der Waals surface area contributed by atoms with Gasteiger partial charge in [0.2, 0.25) is 10.9 Å². The number of rotatable bonds is 5. The number of nitrogens with zero attached hydrogens (tertiary/aromatic N) is 4. The van der Waals surface area contributed by atoms with Gasteiger partial charge in [0.1, 0.15) is 11.3 Å². The molecule has 2 heterocycles. The van der Waals surface area contributed by atoms with Crippen LogP contribution in [0.25, 0.3) is 4.96 Å². The van der Waals surface area contributed by atoms with Crippen molar-refractivity contribution in [3.8, 4) is 0 Å². The van der Waals surface area contributed by atoms with Gasteiger partial charge in [-0.2, -0.15) is 9.61 Å². The molecule has 0 radical (unpaired) electrons. The topological polar surface area (TPSA) is 72.2 Å². The minimum atomic E-state index is 0.00173. The van der Waals surface area contributed by atoms with Crippen LogP contribution in [-0.4, -0.2) is 25.7 Å². The first-order valence-corrected chi connectivity index (χ1v) is 7.61. The van der Waals surface area contributed by atoms with Crippen molar-refractivity contribution in [3.63, 3.8) is 0 Å². The number of fused-ring (bicyclic) bond motifs is 1. The molecule has 2 aromatic heterocycles. The van der Waals surface area contributed by atoms with Crippen LogP contribution in [0.3, 0.4) is 0 Å². The van der Waals surface area contributed by atoms with Gasteiger partial charge in [0.05, 0.1) is 0 Å². The van der Waals surface area contributed by atoms with Crippen molar-refractivity contribution in [2.75, 3.05) is 5.32 Å². The van der Waals surface area contributed by atoms with Crippen molar-refractivity contribution in [2.24, 2.45) is 0 Å². The first kappa shape index (κ1) is 13.7. The van der Waals surface area contributed by atoms with Crippen LogP contribution in [0, 0.1) is 0 Å². The van der Waals surface area contributed by atoms with Crippen molar-refractivity contribution in [2.45, 2.75) is 26.2 Å². The van der Waals surface area contributed by atoms with E-state index in [0.29, 0.717) is 12.8 Å². The second-order valence-electron chi connectivity index (χ2n) is 4.61. The second-order valence-corrected chi connectivity index (χ2v) is 5.65. The number of hydrogen-bond acceptors (Lipinski definition) is 5. The number of nitrogens with one attached hydrogen (secondary N) is 1. The summed E-state index contributed by atoms with van der Waals surface area (Å²) in [6.45, 7) is 2.07. The minimum absolute atomic E-state index is 0.00173. The first-order valence-electron chi connectivity index (χ1n) is 6.79. The van der Waals surface area contributed by atoms with E-state index >= 15 is 0 Å². The van der Waals surface area contributed by atoms with Gasteiger partial charge in [-0.25, -0.2) is 0 Å². The molecule has 0 saturated carbocycles. The number of aromatic nitrogens is 4. The number of benzene rings is 1. The highest BCUT2D eigenvalue weighted by molar-refractivity contribution is 7.16. The van der Waals surface area contributed by atoms with Crippen LogP contribution in [0.1, 0.15) is 23.9 Å². The van der Waals surface area contributed by atoms with Crippen LogP contribution in [-0.2, 0) is 17.6 Å². The fourth-order valence-electron chi connectivity index (χ4n) is 2.09. The van der Waals surface area contributed by atoms with E-state index < -0.39 is 0 Å². The van der Waals surface area contributed by atoms with Gasteiger partial charge in [0.15, 0.2) is 0 Å². The van der Waals surface area contributed by atoms with Crippen LogP contribution in [0.5, 0.6) is 0 Å². The number of amides is 1. The maximum Gasteiger partial charge on any atom is 0.234 e. The number of anilines is 1. The Kier molecular flexibility index (Phi) is 3.92. The summed E-state index contributed by atoms with van der Waals surface area (Å²) < 4.78 is 1.63. The molecule has 6 nitrogen and oxygen atoms in total. The van der Waals surface area contributed by atoms with Crippen molar-refractivity contribution in [3.05, 3.63) is 41.2 Å². The summed E-state index contributed by atoms with van der Waals surface area (Å²) in [5.74, 6) is 0.00173. The summed E-state index contributed by atoms with van der Waals surface area (Å²) in [5, 5.41) is 15.8. The number of carbonyl (C=O) groups excluding carboxylic acids is 1. The van der Waals surface area contributed by atoms with Crippen LogP contribution in [0.4, 0.5) is 5.69 Å². The highest BCUT2D eigenvalue weighted by atomic mass is 32.1. The molecule has 0 spiro atoms. The van der Waals surface area contributed by atoms with E-state index in [1.165, 1.54) is 11.3 Å². The van der Waals surface area contributed by atoms with E-state index in [1.54, 1.807) is 10.8 Å². The van der Waals surface area contributed by atoms with E-state index in [2.05, 4.69) is 27.5 Å². The van der Waals surface area contributed by atoms with Crippen LogP contribution < -0.4 is 5.32 Å². The maximum atomic E-state index is 12.0. The zero-order valence-electron chi connectivity index (χ0n) is 11.6. The van der Waals surface area contributed by atoms with Crippen molar-refractivity contribution < 1.29 is 4.79 Å². The Morgan fingerprint density at radius 2 is 2.24 bits per heavy atom. The summed E-state index contributed by atoms with van der Waals surface area (Å²) in [4.78, 5) is 12.8. The molecule has 0 aliphatic rings. The molecule has 1 amide bonds. The third-order valence-corrected chi connectivity index (χ3v) is 4.14. The molecular weight excluding hydrogens is 286 g/mol. The first-order chi connectivity index (χ1) is 10.3. The summed E-state index contributed by atoms with van der Waals surface area (Å²) in [5.41, 5.74) is 2.03. The Labute approximate surface area is 125 Å². The SMILES string of the molecule is CCc1ccccc1NC(=O)CCc1nn2cnnc2s1. The third kappa shape index (κ3) is 3.08. The Hall–Kier alpha value is -2.28. The summed E-state index contributed by atoms with van der Waals surface area (Å²) in [7, 11) is 0. The monoisotopic (exact) mass is 301 g/mol. The molecular formula is C14H15N5OS. The molecule has 0 saturated heterocycles. The van der Waals surface area contributed by atoms with Gasteiger partial charge < -0.3 is 5.32 Å². The molecule has 3 aromatic rings. The van der Waals surface area contributed by atoms with Gasteiger partial charge in [-0.1, -0.05) is 36.5 Å². The van der Waals surface area contributed by atoms with Crippen molar-refractivity contribution in [1.29, 1.82) is 0 Å². The van der Waals surface area contributed by atoms with E-state index in [1.807, 2.05) is 24.3 Å². The Bertz CT molecular complexity index is 735. The number of para-hydroxylation sites is 1. The third-order valence-electron chi connectivity index (χ3n) is 3.17. The lowest BCUT2D eigenvalue weighted by atomic mass is 10.1. The molecule has 0 bridgehead atoms. The lowest BCUT2D eigenvalue weighted by molar-refractivity contribution is -0.116. The smallest absolute Gasteiger partial charge is 0.234 e. The normalized spacial score (nSPS) is 10.9. The summed E-state index contributed by atoms with van der Waals surface area (Å²) >= 11 is 1.46. The van der Waals surface area contributed by atoms with Gasteiger partial charge in [0, 0.05) is 18.5 Å². The van der Waals surface area contributed by atoms with Crippen molar-refractivity contribution in [1.82, 2.24) is 19.8 Å². The Morgan fingerprint density at radius 3 is 3.05 bits per heavy atom. The highest BCUT2D eigenvalue weighted by Crippen LogP contribution is 2.17. The highest BCUT2D eigenvalue weighted by Gasteiger charge is 2.09. The lowest BCUT2D eigenvalue weighted by Gasteiger charge is -2.08. The molecule has 108 valence electrons. The molecule has 0 atom stereocenters. The molecule has 21 heavy (non-hydrogen) atoms. The predicted molar refractivity (Wildman–Crippen MR) is 81.4 cm³/mol.